The van der Waals surface area contributed by atoms with Crippen molar-refractivity contribution in [2.45, 2.75) is 58.4 Å². The molecule has 0 N–H and O–H groups in total. The number of pyridine rings is 1. The molecule has 0 aliphatic heterocycles. The molecule has 1 fully saturated rings. The van der Waals surface area contributed by atoms with Gasteiger partial charge < -0.3 is 4.57 Å². The molecule has 0 saturated heterocycles. The molecule has 0 atom stereocenters. The van der Waals surface area contributed by atoms with Crippen molar-refractivity contribution in [2.75, 3.05) is 0 Å². The highest BCUT2D eigenvalue weighted by Gasteiger charge is 2.26. The first-order chi connectivity index (χ1) is 14.7. The zero-order chi connectivity index (χ0) is 20.5. The van der Waals surface area contributed by atoms with E-state index in [0.29, 0.717) is 5.92 Å². The van der Waals surface area contributed by atoms with Crippen LogP contribution in [-0.4, -0.2) is 24.5 Å². The van der Waals surface area contributed by atoms with Gasteiger partial charge in [0.05, 0.1) is 22.4 Å². The highest BCUT2D eigenvalue weighted by molar-refractivity contribution is 5.85. The van der Waals surface area contributed by atoms with Gasteiger partial charge in [-0.3, -0.25) is 15.0 Å². The molecular weight excluding hydrogens is 370 g/mol. The minimum atomic E-state index is 0.524. The quantitative estimate of drug-likeness (QED) is 0.428. The number of hydrogen-bond acceptors (Lipinski definition) is 4. The van der Waals surface area contributed by atoms with Crippen molar-refractivity contribution < 1.29 is 0 Å². The van der Waals surface area contributed by atoms with Crippen molar-refractivity contribution in [3.63, 3.8) is 0 Å². The molecule has 0 spiro atoms. The predicted molar refractivity (Wildman–Crippen MR) is 120 cm³/mol. The molecular formula is C25H27N5. The average Bonchev–Trinajstić information content (AvgIpc) is 3.19. The largest absolute Gasteiger partial charge is 0.327 e. The van der Waals surface area contributed by atoms with E-state index < -0.39 is 0 Å². The van der Waals surface area contributed by atoms with Crippen LogP contribution in [0.15, 0.2) is 48.8 Å². The molecule has 1 saturated carbocycles. The number of aryl methyl sites for hydroxylation is 1. The molecule has 0 unspecified atom stereocenters. The van der Waals surface area contributed by atoms with E-state index in [2.05, 4.69) is 51.8 Å². The summed E-state index contributed by atoms with van der Waals surface area (Å²) >= 11 is 0. The smallest absolute Gasteiger partial charge is 0.115 e. The van der Waals surface area contributed by atoms with E-state index in [0.717, 1.165) is 45.9 Å². The third-order valence-electron chi connectivity index (χ3n) is 6.16. The summed E-state index contributed by atoms with van der Waals surface area (Å²) in [7, 11) is 0. The predicted octanol–water partition coefficient (Wildman–Crippen LogP) is 5.93. The highest BCUT2D eigenvalue weighted by atomic mass is 15.1. The maximum atomic E-state index is 5.24. The van der Waals surface area contributed by atoms with E-state index in [4.69, 9.17) is 9.97 Å². The number of hydrogen-bond donors (Lipinski definition) is 0. The summed E-state index contributed by atoms with van der Waals surface area (Å²) in [5, 5.41) is 0. The number of benzene rings is 1. The van der Waals surface area contributed by atoms with Gasteiger partial charge in [0.25, 0.3) is 0 Å². The molecule has 30 heavy (non-hydrogen) atoms. The lowest BCUT2D eigenvalue weighted by Gasteiger charge is -2.22. The van der Waals surface area contributed by atoms with Gasteiger partial charge in [-0.2, -0.15) is 0 Å². The van der Waals surface area contributed by atoms with Crippen LogP contribution < -0.4 is 0 Å². The Labute approximate surface area is 177 Å². The Morgan fingerprint density at radius 1 is 0.933 bits per heavy atom. The summed E-state index contributed by atoms with van der Waals surface area (Å²) < 4.78 is 2.41. The van der Waals surface area contributed by atoms with Crippen LogP contribution in [-0.2, 0) is 6.54 Å². The zero-order valence-corrected chi connectivity index (χ0v) is 17.7. The van der Waals surface area contributed by atoms with Crippen LogP contribution in [0.25, 0.3) is 33.7 Å². The van der Waals surface area contributed by atoms with E-state index in [1.807, 2.05) is 13.0 Å². The number of aromatic nitrogens is 5. The second-order valence-electron chi connectivity index (χ2n) is 8.17. The molecule has 3 heterocycles. The summed E-state index contributed by atoms with van der Waals surface area (Å²) in [4.78, 5) is 19.0. The maximum Gasteiger partial charge on any atom is 0.115 e. The molecule has 5 rings (SSSR count). The fourth-order valence-electron chi connectivity index (χ4n) is 4.72. The highest BCUT2D eigenvalue weighted by Crippen LogP contribution is 2.39. The molecule has 1 aliphatic carbocycles. The summed E-state index contributed by atoms with van der Waals surface area (Å²) in [6.07, 6.45) is 9.86. The number of imidazole rings is 1. The lowest BCUT2D eigenvalue weighted by molar-refractivity contribution is 0.417. The minimum Gasteiger partial charge on any atom is -0.327 e. The molecule has 0 amide bonds. The van der Waals surface area contributed by atoms with Crippen LogP contribution >= 0.6 is 0 Å². The Kier molecular flexibility index (Phi) is 5.03. The maximum absolute atomic E-state index is 5.24. The average molecular weight is 398 g/mol. The second kappa shape index (κ2) is 7.98. The lowest BCUT2D eigenvalue weighted by Crippen LogP contribution is -2.12. The van der Waals surface area contributed by atoms with Crippen LogP contribution in [0.5, 0.6) is 0 Å². The molecule has 5 heteroatoms. The van der Waals surface area contributed by atoms with E-state index in [-0.39, 0.29) is 0 Å². The Balaban J connectivity index is 1.74. The Morgan fingerprint density at radius 2 is 1.73 bits per heavy atom. The SMILES string of the molecule is CCn1c(C2CCCCC2)nc(-c2cccc(C)n2)c1-c1ccc2nccnc2c1. The van der Waals surface area contributed by atoms with E-state index in [1.54, 1.807) is 12.4 Å². The minimum absolute atomic E-state index is 0.524. The monoisotopic (exact) mass is 397 g/mol. The Hall–Kier alpha value is -3.08. The van der Waals surface area contributed by atoms with Crippen LogP contribution in [0, 0.1) is 6.92 Å². The van der Waals surface area contributed by atoms with Crippen LogP contribution in [0.2, 0.25) is 0 Å². The molecule has 1 aliphatic rings. The summed E-state index contributed by atoms with van der Waals surface area (Å²) in [6.45, 7) is 5.14. The van der Waals surface area contributed by atoms with E-state index in [1.165, 1.54) is 37.9 Å². The van der Waals surface area contributed by atoms with Crippen LogP contribution in [0.1, 0.15) is 56.5 Å². The van der Waals surface area contributed by atoms with Crippen molar-refractivity contribution in [1.29, 1.82) is 0 Å². The van der Waals surface area contributed by atoms with Crippen molar-refractivity contribution in [1.82, 2.24) is 24.5 Å². The van der Waals surface area contributed by atoms with E-state index >= 15 is 0 Å². The topological polar surface area (TPSA) is 56.5 Å². The second-order valence-corrected chi connectivity index (χ2v) is 8.17. The molecule has 0 radical (unpaired) electrons. The normalized spacial score (nSPS) is 15.0. The van der Waals surface area contributed by atoms with Crippen LogP contribution in [0.4, 0.5) is 0 Å². The molecule has 4 aromatic rings. The van der Waals surface area contributed by atoms with Crippen LogP contribution in [0.3, 0.4) is 0 Å². The number of fused-ring (bicyclic) bond motifs is 1. The molecule has 0 bridgehead atoms. The number of rotatable bonds is 4. The third-order valence-corrected chi connectivity index (χ3v) is 6.16. The van der Waals surface area contributed by atoms with E-state index in [9.17, 15) is 0 Å². The summed E-state index contributed by atoms with van der Waals surface area (Å²) in [5.74, 6) is 1.74. The Morgan fingerprint density at radius 3 is 2.50 bits per heavy atom. The van der Waals surface area contributed by atoms with Crippen molar-refractivity contribution in [3.05, 3.63) is 60.3 Å². The van der Waals surface area contributed by atoms with Gasteiger partial charge in [0.1, 0.15) is 11.5 Å². The molecule has 5 nitrogen and oxygen atoms in total. The van der Waals surface area contributed by atoms with Gasteiger partial charge in [0.2, 0.25) is 0 Å². The van der Waals surface area contributed by atoms with Crippen molar-refractivity contribution >= 4 is 11.0 Å². The van der Waals surface area contributed by atoms with Gasteiger partial charge >= 0.3 is 0 Å². The first kappa shape index (κ1) is 18.9. The fourth-order valence-corrected chi connectivity index (χ4v) is 4.72. The fraction of sp³-hybridized carbons (Fsp3) is 0.360. The zero-order valence-electron chi connectivity index (χ0n) is 17.7. The number of nitrogens with zero attached hydrogens (tertiary/aromatic N) is 5. The van der Waals surface area contributed by atoms with Gasteiger partial charge in [-0.05, 0) is 51.0 Å². The Bertz CT molecular complexity index is 1190. The van der Waals surface area contributed by atoms with Gasteiger partial charge in [-0.25, -0.2) is 4.98 Å². The molecule has 152 valence electrons. The van der Waals surface area contributed by atoms with Gasteiger partial charge in [-0.15, -0.1) is 0 Å². The summed E-state index contributed by atoms with van der Waals surface area (Å²) in [5.41, 5.74) is 7.00. The lowest BCUT2D eigenvalue weighted by atomic mass is 9.88. The van der Waals surface area contributed by atoms with Gasteiger partial charge in [0, 0.05) is 36.1 Å². The first-order valence-corrected chi connectivity index (χ1v) is 11.0. The van der Waals surface area contributed by atoms with Gasteiger partial charge in [0.15, 0.2) is 0 Å². The van der Waals surface area contributed by atoms with Gasteiger partial charge in [-0.1, -0.05) is 31.4 Å². The standard InChI is InChI=1S/C25H27N5/c1-3-30-24(19-12-13-20-22(16-19)27-15-14-26-20)23(21-11-7-8-17(2)28-21)29-25(30)18-9-5-4-6-10-18/h7-8,11-16,18H,3-6,9-10H2,1-2H3. The van der Waals surface area contributed by atoms with Crippen molar-refractivity contribution in [3.8, 4) is 22.6 Å². The van der Waals surface area contributed by atoms with Crippen molar-refractivity contribution in [2.24, 2.45) is 0 Å². The molecule has 1 aromatic carbocycles. The molecule has 3 aromatic heterocycles. The summed E-state index contributed by atoms with van der Waals surface area (Å²) in [6, 6.07) is 12.5. The first-order valence-electron chi connectivity index (χ1n) is 11.0. The third kappa shape index (κ3) is 3.38.